The van der Waals surface area contributed by atoms with Crippen LogP contribution in [0, 0.1) is 0 Å². The molecule has 2 atom stereocenters. The Morgan fingerprint density at radius 2 is 2.16 bits per heavy atom. The molecule has 0 saturated carbocycles. The molecule has 0 amide bonds. The van der Waals surface area contributed by atoms with E-state index in [0.717, 1.165) is 38.3 Å². The molecule has 3 aromatic rings. The van der Waals surface area contributed by atoms with Gasteiger partial charge in [-0.3, -0.25) is 9.69 Å². The Labute approximate surface area is 189 Å². The summed E-state index contributed by atoms with van der Waals surface area (Å²) in [5.74, 6) is 0.414. The average molecular weight is 458 g/mol. The third kappa shape index (κ3) is 4.23. The number of morpholine rings is 1. The van der Waals surface area contributed by atoms with Crippen molar-refractivity contribution in [3.05, 3.63) is 57.2 Å². The van der Waals surface area contributed by atoms with Crippen LogP contribution in [0.15, 0.2) is 39.7 Å². The van der Waals surface area contributed by atoms with Crippen LogP contribution in [0.5, 0.6) is 6.01 Å². The molecular formula is C22H24ClN5O4. The fraction of sp³-hybridized carbons (Fsp3) is 0.409. The second-order valence-corrected chi connectivity index (χ2v) is 8.24. The van der Waals surface area contributed by atoms with Crippen LogP contribution in [0.3, 0.4) is 0 Å². The van der Waals surface area contributed by atoms with E-state index in [1.807, 2.05) is 6.92 Å². The molecule has 2 unspecified atom stereocenters. The summed E-state index contributed by atoms with van der Waals surface area (Å²) in [6.07, 6.45) is 7.50. The zero-order valence-corrected chi connectivity index (χ0v) is 18.4. The molecule has 0 aromatic carbocycles. The quantitative estimate of drug-likeness (QED) is 0.583. The highest BCUT2D eigenvalue weighted by molar-refractivity contribution is 6.32. The van der Waals surface area contributed by atoms with Crippen molar-refractivity contribution in [2.75, 3.05) is 26.3 Å². The van der Waals surface area contributed by atoms with Gasteiger partial charge in [-0.25, -0.2) is 4.98 Å². The van der Waals surface area contributed by atoms with E-state index in [9.17, 15) is 4.79 Å². The maximum atomic E-state index is 11.4. The van der Waals surface area contributed by atoms with Gasteiger partial charge in [0.1, 0.15) is 0 Å². The summed E-state index contributed by atoms with van der Waals surface area (Å²) in [5.41, 5.74) is 2.54. The SMILES string of the molecule is CCC(Oc1nc2nc(C3=CCC(N4CCOCC4)C=C3)c(Cl)cc2[nH]1)c1cc(=O)[nH]o1. The van der Waals surface area contributed by atoms with Gasteiger partial charge in [-0.1, -0.05) is 36.8 Å². The molecule has 0 spiro atoms. The van der Waals surface area contributed by atoms with E-state index in [0.29, 0.717) is 40.1 Å². The summed E-state index contributed by atoms with van der Waals surface area (Å²) >= 11 is 6.56. The van der Waals surface area contributed by atoms with Crippen molar-refractivity contribution in [1.29, 1.82) is 0 Å². The van der Waals surface area contributed by atoms with Crippen LogP contribution in [0.25, 0.3) is 16.7 Å². The molecule has 3 aromatic heterocycles. The van der Waals surface area contributed by atoms with Crippen molar-refractivity contribution in [3.8, 4) is 6.01 Å². The Morgan fingerprint density at radius 1 is 1.31 bits per heavy atom. The molecule has 0 radical (unpaired) electrons. The largest absolute Gasteiger partial charge is 0.453 e. The lowest BCUT2D eigenvalue weighted by Gasteiger charge is -2.33. The number of hydrogen-bond acceptors (Lipinski definition) is 7. The average Bonchev–Trinajstić information content (AvgIpc) is 3.42. The number of halogens is 1. The summed E-state index contributed by atoms with van der Waals surface area (Å²) in [5, 5.41) is 2.82. The number of fused-ring (bicyclic) bond motifs is 1. The predicted molar refractivity (Wildman–Crippen MR) is 120 cm³/mol. The van der Waals surface area contributed by atoms with E-state index in [4.69, 9.17) is 25.6 Å². The van der Waals surface area contributed by atoms with Crippen LogP contribution in [0.4, 0.5) is 0 Å². The standard InChI is InChI=1S/C22H24ClN5O4/c1-2-17(18-12-19(29)27-32-18)31-22-24-16-11-15(23)20(25-21(16)26-22)13-3-5-14(6-4-13)28-7-9-30-10-8-28/h3-5,11-12,14,17H,2,6-10H2,1H3,(H,27,29)(H,24,25,26). The van der Waals surface area contributed by atoms with Gasteiger partial charge in [0.2, 0.25) is 0 Å². The Balaban J connectivity index is 1.35. The predicted octanol–water partition coefficient (Wildman–Crippen LogP) is 3.47. The van der Waals surface area contributed by atoms with Crippen molar-refractivity contribution in [1.82, 2.24) is 25.0 Å². The number of ether oxygens (including phenoxy) is 2. The van der Waals surface area contributed by atoms with Crippen LogP contribution in [0.1, 0.15) is 37.3 Å². The van der Waals surface area contributed by atoms with Gasteiger partial charge in [-0.2, -0.15) is 10.1 Å². The summed E-state index contributed by atoms with van der Waals surface area (Å²) in [7, 11) is 0. The van der Waals surface area contributed by atoms with Crippen molar-refractivity contribution in [2.45, 2.75) is 31.9 Å². The van der Waals surface area contributed by atoms with Crippen molar-refractivity contribution >= 4 is 28.3 Å². The number of pyridine rings is 1. The van der Waals surface area contributed by atoms with Crippen LogP contribution >= 0.6 is 11.6 Å². The molecule has 5 rings (SSSR count). The van der Waals surface area contributed by atoms with Gasteiger partial charge in [-0.15, -0.1) is 0 Å². The second-order valence-electron chi connectivity index (χ2n) is 7.83. The highest BCUT2D eigenvalue weighted by Crippen LogP contribution is 2.31. The maximum Gasteiger partial charge on any atom is 0.296 e. The fourth-order valence-corrected chi connectivity index (χ4v) is 4.31. The zero-order chi connectivity index (χ0) is 22.1. The molecule has 2 aliphatic rings. The highest BCUT2D eigenvalue weighted by Gasteiger charge is 2.22. The maximum absolute atomic E-state index is 11.4. The van der Waals surface area contributed by atoms with Crippen molar-refractivity contribution < 1.29 is 14.0 Å². The minimum atomic E-state index is -0.453. The van der Waals surface area contributed by atoms with Gasteiger partial charge in [0, 0.05) is 19.1 Å². The van der Waals surface area contributed by atoms with Gasteiger partial charge < -0.3 is 19.0 Å². The first-order chi connectivity index (χ1) is 15.6. The molecule has 10 heteroatoms. The first-order valence-corrected chi connectivity index (χ1v) is 11.1. The minimum absolute atomic E-state index is 0.289. The van der Waals surface area contributed by atoms with Crippen LogP contribution in [-0.4, -0.2) is 57.4 Å². The van der Waals surface area contributed by atoms with Gasteiger partial charge in [0.05, 0.1) is 35.5 Å². The number of H-pyrrole nitrogens is 2. The van der Waals surface area contributed by atoms with E-state index in [1.165, 1.54) is 6.07 Å². The lowest BCUT2D eigenvalue weighted by molar-refractivity contribution is 0.0260. The van der Waals surface area contributed by atoms with Crippen LogP contribution in [-0.2, 0) is 4.74 Å². The number of aromatic nitrogens is 4. The van der Waals surface area contributed by atoms with Crippen molar-refractivity contribution in [2.24, 2.45) is 0 Å². The van der Waals surface area contributed by atoms with Crippen LogP contribution < -0.4 is 10.3 Å². The Bertz CT molecular complexity index is 1220. The van der Waals surface area contributed by atoms with E-state index in [-0.39, 0.29) is 11.6 Å². The fourth-order valence-electron chi connectivity index (χ4n) is 4.05. The Morgan fingerprint density at radius 3 is 2.84 bits per heavy atom. The topological polar surface area (TPSA) is 109 Å². The van der Waals surface area contributed by atoms with Crippen LogP contribution in [0.2, 0.25) is 5.02 Å². The summed E-state index contributed by atoms with van der Waals surface area (Å²) < 4.78 is 16.5. The zero-order valence-electron chi connectivity index (χ0n) is 17.6. The van der Waals surface area contributed by atoms with E-state index in [2.05, 4.69) is 43.2 Å². The number of nitrogens with one attached hydrogen (secondary N) is 2. The number of nitrogens with zero attached hydrogens (tertiary/aromatic N) is 3. The number of allylic oxidation sites excluding steroid dienone is 2. The summed E-state index contributed by atoms with van der Waals surface area (Å²) in [4.78, 5) is 26.0. The van der Waals surface area contributed by atoms with Gasteiger partial charge >= 0.3 is 0 Å². The van der Waals surface area contributed by atoms with Gasteiger partial charge in [0.15, 0.2) is 17.5 Å². The van der Waals surface area contributed by atoms with Gasteiger partial charge in [-0.05, 0) is 24.5 Å². The first-order valence-electron chi connectivity index (χ1n) is 10.7. The molecule has 32 heavy (non-hydrogen) atoms. The normalized spacial score (nSPS) is 20.4. The number of aromatic amines is 2. The molecule has 1 fully saturated rings. The number of imidazole rings is 1. The molecule has 0 bridgehead atoms. The molecule has 4 heterocycles. The number of rotatable bonds is 6. The molecule has 2 N–H and O–H groups in total. The Kier molecular flexibility index (Phi) is 5.86. The number of hydrogen-bond donors (Lipinski definition) is 2. The lowest BCUT2D eigenvalue weighted by Crippen LogP contribution is -2.42. The first kappa shape index (κ1) is 21.0. The smallest absolute Gasteiger partial charge is 0.296 e. The van der Waals surface area contributed by atoms with E-state index >= 15 is 0 Å². The second kappa shape index (κ2) is 8.93. The molecule has 168 valence electrons. The molecular weight excluding hydrogens is 434 g/mol. The Hall–Kier alpha value is -2.88. The lowest BCUT2D eigenvalue weighted by atomic mass is 9.99. The minimum Gasteiger partial charge on any atom is -0.453 e. The van der Waals surface area contributed by atoms with E-state index < -0.39 is 6.10 Å². The molecule has 1 aliphatic heterocycles. The third-order valence-electron chi connectivity index (χ3n) is 5.76. The highest BCUT2D eigenvalue weighted by atomic mass is 35.5. The molecule has 1 saturated heterocycles. The van der Waals surface area contributed by atoms with Crippen molar-refractivity contribution in [3.63, 3.8) is 0 Å². The molecule has 1 aliphatic carbocycles. The monoisotopic (exact) mass is 457 g/mol. The molecule has 9 nitrogen and oxygen atoms in total. The summed E-state index contributed by atoms with van der Waals surface area (Å²) in [6.45, 7) is 5.39. The third-order valence-corrected chi connectivity index (χ3v) is 6.04. The van der Waals surface area contributed by atoms with E-state index in [1.54, 1.807) is 6.07 Å². The summed E-state index contributed by atoms with van der Waals surface area (Å²) in [6, 6.07) is 3.84. The van der Waals surface area contributed by atoms with Gasteiger partial charge in [0.25, 0.3) is 11.6 Å².